The van der Waals surface area contributed by atoms with Crippen molar-refractivity contribution in [1.82, 2.24) is 19.5 Å². The molecule has 3 aromatic heterocycles. The predicted octanol–water partition coefficient (Wildman–Crippen LogP) is 3.06. The summed E-state index contributed by atoms with van der Waals surface area (Å²) in [6.45, 7) is 0.800. The zero-order valence-electron chi connectivity index (χ0n) is 11.6. The number of hydrogen-bond acceptors (Lipinski definition) is 4. The lowest BCUT2D eigenvalue weighted by atomic mass is 10.1. The van der Waals surface area contributed by atoms with Crippen LogP contribution in [-0.4, -0.2) is 26.1 Å². The van der Waals surface area contributed by atoms with Gasteiger partial charge in [0.2, 0.25) is 0 Å². The Morgan fingerprint density at radius 1 is 1.14 bits per heavy atom. The van der Waals surface area contributed by atoms with Crippen molar-refractivity contribution < 1.29 is 4.74 Å². The maximum atomic E-state index is 5.92. The Labute approximate surface area is 122 Å². The van der Waals surface area contributed by atoms with E-state index >= 15 is 0 Å². The first-order valence-electron chi connectivity index (χ1n) is 7.29. The second-order valence-electron chi connectivity index (χ2n) is 5.22. The third-order valence-electron chi connectivity index (χ3n) is 3.81. The second kappa shape index (κ2) is 5.26. The summed E-state index contributed by atoms with van der Waals surface area (Å²) in [5.74, 6) is 0.927. The molecule has 0 aliphatic carbocycles. The lowest BCUT2D eigenvalue weighted by molar-refractivity contribution is 0.00886. The van der Waals surface area contributed by atoms with Gasteiger partial charge in [-0.05, 0) is 43.5 Å². The zero-order valence-corrected chi connectivity index (χ0v) is 11.6. The van der Waals surface area contributed by atoms with Crippen LogP contribution in [-0.2, 0) is 4.74 Å². The Bertz CT molecular complexity index is 747. The van der Waals surface area contributed by atoms with Gasteiger partial charge in [0.15, 0.2) is 5.65 Å². The first kappa shape index (κ1) is 12.5. The van der Waals surface area contributed by atoms with E-state index in [0.29, 0.717) is 0 Å². The van der Waals surface area contributed by atoms with Gasteiger partial charge in [0.25, 0.3) is 0 Å². The van der Waals surface area contributed by atoms with Crippen LogP contribution >= 0.6 is 0 Å². The van der Waals surface area contributed by atoms with E-state index in [1.807, 2.05) is 30.5 Å². The predicted molar refractivity (Wildman–Crippen MR) is 79.2 cm³/mol. The first-order valence-corrected chi connectivity index (χ1v) is 7.29. The Balaban J connectivity index is 1.92. The van der Waals surface area contributed by atoms with Crippen molar-refractivity contribution in [3.63, 3.8) is 0 Å². The summed E-state index contributed by atoms with van der Waals surface area (Å²) in [5.41, 5.74) is 2.73. The van der Waals surface area contributed by atoms with Crippen molar-refractivity contribution >= 4 is 11.2 Å². The summed E-state index contributed by atoms with van der Waals surface area (Å²) in [6.07, 6.45) is 8.74. The summed E-state index contributed by atoms with van der Waals surface area (Å²) in [7, 11) is 0. The summed E-state index contributed by atoms with van der Waals surface area (Å²) >= 11 is 0. The van der Waals surface area contributed by atoms with Gasteiger partial charge in [-0.15, -0.1) is 0 Å². The smallest absolute Gasteiger partial charge is 0.164 e. The molecule has 1 unspecified atom stereocenters. The van der Waals surface area contributed by atoms with Crippen LogP contribution in [0.3, 0.4) is 0 Å². The maximum absolute atomic E-state index is 5.92. The summed E-state index contributed by atoms with van der Waals surface area (Å²) < 4.78 is 7.99. The highest BCUT2D eigenvalue weighted by atomic mass is 16.5. The van der Waals surface area contributed by atoms with Gasteiger partial charge < -0.3 is 4.74 Å². The molecular formula is C16H16N4O. The van der Waals surface area contributed by atoms with Crippen molar-refractivity contribution in [2.45, 2.75) is 25.4 Å². The Hall–Kier alpha value is -2.27. The van der Waals surface area contributed by atoms with E-state index in [1.165, 1.54) is 6.42 Å². The molecule has 3 aromatic rings. The summed E-state index contributed by atoms with van der Waals surface area (Å²) in [5, 5.41) is 0. The lowest BCUT2D eigenvalue weighted by Crippen LogP contribution is -2.16. The van der Waals surface area contributed by atoms with Crippen LogP contribution in [0.25, 0.3) is 16.9 Å². The van der Waals surface area contributed by atoms with Gasteiger partial charge in [-0.1, -0.05) is 0 Å². The van der Waals surface area contributed by atoms with Gasteiger partial charge in [0, 0.05) is 19.0 Å². The highest BCUT2D eigenvalue weighted by Gasteiger charge is 2.24. The minimum atomic E-state index is 0.0353. The van der Waals surface area contributed by atoms with Crippen molar-refractivity contribution in [3.05, 3.63) is 48.7 Å². The van der Waals surface area contributed by atoms with E-state index in [0.717, 1.165) is 42.1 Å². The molecule has 1 saturated heterocycles. The molecule has 0 radical (unpaired) electrons. The van der Waals surface area contributed by atoms with E-state index in [4.69, 9.17) is 9.72 Å². The largest absolute Gasteiger partial charge is 0.370 e. The molecular weight excluding hydrogens is 264 g/mol. The van der Waals surface area contributed by atoms with Crippen LogP contribution in [0.5, 0.6) is 0 Å². The highest BCUT2D eigenvalue weighted by Crippen LogP contribution is 2.31. The molecule has 0 saturated carbocycles. The Kier molecular flexibility index (Phi) is 3.12. The monoisotopic (exact) mass is 280 g/mol. The molecule has 1 atom stereocenters. The molecule has 0 N–H and O–H groups in total. The number of hydrogen-bond donors (Lipinski definition) is 0. The number of nitrogens with zero attached hydrogens (tertiary/aromatic N) is 4. The lowest BCUT2D eigenvalue weighted by Gasteiger charge is -2.22. The third-order valence-corrected chi connectivity index (χ3v) is 3.81. The molecule has 4 rings (SSSR count). The Morgan fingerprint density at radius 3 is 2.90 bits per heavy atom. The molecule has 0 aromatic carbocycles. The fourth-order valence-electron chi connectivity index (χ4n) is 2.83. The van der Waals surface area contributed by atoms with Crippen LogP contribution < -0.4 is 0 Å². The molecule has 5 nitrogen and oxygen atoms in total. The SMILES string of the molecule is c1cncc(-n2c(C3CCCCO3)nc3cccnc32)c1. The van der Waals surface area contributed by atoms with Crippen LogP contribution in [0.1, 0.15) is 31.2 Å². The molecule has 1 aliphatic rings. The van der Waals surface area contributed by atoms with Gasteiger partial charge in [0.05, 0.1) is 11.9 Å². The maximum Gasteiger partial charge on any atom is 0.164 e. The molecule has 0 spiro atoms. The van der Waals surface area contributed by atoms with Gasteiger partial charge in [-0.3, -0.25) is 9.55 Å². The van der Waals surface area contributed by atoms with Crippen LogP contribution in [0, 0.1) is 0 Å². The first-order chi connectivity index (χ1) is 10.4. The second-order valence-corrected chi connectivity index (χ2v) is 5.22. The minimum Gasteiger partial charge on any atom is -0.370 e. The highest BCUT2D eigenvalue weighted by molar-refractivity contribution is 5.73. The van der Waals surface area contributed by atoms with Gasteiger partial charge >= 0.3 is 0 Å². The van der Waals surface area contributed by atoms with E-state index in [1.54, 1.807) is 12.4 Å². The topological polar surface area (TPSA) is 52.8 Å². The fraction of sp³-hybridized carbons (Fsp3) is 0.312. The molecule has 5 heteroatoms. The van der Waals surface area contributed by atoms with Gasteiger partial charge in [-0.25, -0.2) is 9.97 Å². The molecule has 106 valence electrons. The Morgan fingerprint density at radius 2 is 2.10 bits per heavy atom. The van der Waals surface area contributed by atoms with Crippen LogP contribution in [0.2, 0.25) is 0 Å². The number of imidazole rings is 1. The van der Waals surface area contributed by atoms with E-state index in [9.17, 15) is 0 Å². The quantitative estimate of drug-likeness (QED) is 0.724. The molecule has 1 fully saturated rings. The van der Waals surface area contributed by atoms with Gasteiger partial charge in [0.1, 0.15) is 17.4 Å². The normalized spacial score (nSPS) is 19.0. The van der Waals surface area contributed by atoms with Crippen molar-refractivity contribution in [1.29, 1.82) is 0 Å². The van der Waals surface area contributed by atoms with Crippen molar-refractivity contribution in [3.8, 4) is 5.69 Å². The fourth-order valence-corrected chi connectivity index (χ4v) is 2.83. The molecule has 21 heavy (non-hydrogen) atoms. The third kappa shape index (κ3) is 2.19. The van der Waals surface area contributed by atoms with E-state index in [2.05, 4.69) is 14.5 Å². The molecule has 0 amide bonds. The average molecular weight is 280 g/mol. The van der Waals surface area contributed by atoms with E-state index in [-0.39, 0.29) is 6.10 Å². The van der Waals surface area contributed by atoms with Gasteiger partial charge in [-0.2, -0.15) is 0 Å². The van der Waals surface area contributed by atoms with Crippen molar-refractivity contribution in [2.24, 2.45) is 0 Å². The van der Waals surface area contributed by atoms with Crippen LogP contribution in [0.4, 0.5) is 0 Å². The molecule has 0 bridgehead atoms. The van der Waals surface area contributed by atoms with Crippen molar-refractivity contribution in [2.75, 3.05) is 6.61 Å². The number of aromatic nitrogens is 4. The average Bonchev–Trinajstić information content (AvgIpc) is 2.96. The number of fused-ring (bicyclic) bond motifs is 1. The summed E-state index contributed by atoms with van der Waals surface area (Å²) in [6, 6.07) is 7.85. The molecule has 4 heterocycles. The number of rotatable bonds is 2. The molecule has 1 aliphatic heterocycles. The van der Waals surface area contributed by atoms with Crippen LogP contribution in [0.15, 0.2) is 42.9 Å². The summed E-state index contributed by atoms with van der Waals surface area (Å²) in [4.78, 5) is 13.5. The number of ether oxygens (including phenoxy) is 1. The van der Waals surface area contributed by atoms with E-state index < -0.39 is 0 Å². The number of pyridine rings is 2. The minimum absolute atomic E-state index is 0.0353. The standard InChI is InChI=1S/C16H16N4O/c1-2-10-21-14(7-1)16-19-13-6-4-9-18-15(13)20(16)12-5-3-8-17-11-12/h3-6,8-9,11,14H,1-2,7,10H2. The zero-order chi connectivity index (χ0) is 14.1.